The third kappa shape index (κ3) is 2.30. The summed E-state index contributed by atoms with van der Waals surface area (Å²) in [4.78, 5) is 14.8. The fourth-order valence-electron chi connectivity index (χ4n) is 2.90. The molecule has 0 atom stereocenters. The molecule has 6 heteroatoms. The fourth-order valence-corrected chi connectivity index (χ4v) is 4.00. The van der Waals surface area contributed by atoms with Crippen LogP contribution in [0.15, 0.2) is 42.7 Å². The van der Waals surface area contributed by atoms with E-state index in [-0.39, 0.29) is 0 Å². The van der Waals surface area contributed by atoms with E-state index in [0.29, 0.717) is 5.82 Å². The molecule has 4 rings (SSSR count). The van der Waals surface area contributed by atoms with Crippen molar-refractivity contribution in [3.05, 3.63) is 48.4 Å². The molecule has 0 aliphatic rings. The Morgan fingerprint density at radius 3 is 2.62 bits per heavy atom. The summed E-state index contributed by atoms with van der Waals surface area (Å²) < 4.78 is 3.05. The zero-order valence-electron chi connectivity index (χ0n) is 13.5. The molecule has 0 N–H and O–H groups in total. The van der Waals surface area contributed by atoms with Crippen molar-refractivity contribution in [2.24, 2.45) is 7.05 Å². The Balaban J connectivity index is 2.02. The van der Waals surface area contributed by atoms with Crippen LogP contribution in [0.4, 0.5) is 0 Å². The molecule has 0 aliphatic heterocycles. The Morgan fingerprint density at radius 2 is 1.96 bits per heavy atom. The molecule has 24 heavy (non-hydrogen) atoms. The van der Waals surface area contributed by atoms with Gasteiger partial charge in [-0.25, -0.2) is 0 Å². The van der Waals surface area contributed by atoms with E-state index in [1.807, 2.05) is 49.9 Å². The van der Waals surface area contributed by atoms with Crippen molar-refractivity contribution < 1.29 is 0 Å². The second kappa shape index (κ2) is 5.80. The first-order valence-corrected chi connectivity index (χ1v) is 8.47. The number of fused-ring (bicyclic) bond motifs is 1. The van der Waals surface area contributed by atoms with Gasteiger partial charge in [-0.3, -0.25) is 0 Å². The van der Waals surface area contributed by atoms with Crippen LogP contribution in [0.5, 0.6) is 0 Å². The van der Waals surface area contributed by atoms with Crippen molar-refractivity contribution in [1.82, 2.24) is 19.5 Å². The minimum atomic E-state index is 0.656. The SMILES string of the molecule is C=Bc1sc2nc(-c3nccn3C)nc(C)c2c1-c1ccccc1. The number of hydrogen-bond acceptors (Lipinski definition) is 4. The molecule has 0 unspecified atom stereocenters. The van der Waals surface area contributed by atoms with Gasteiger partial charge in [-0.15, -0.1) is 0 Å². The predicted molar refractivity (Wildman–Crippen MR) is 102 cm³/mol. The summed E-state index contributed by atoms with van der Waals surface area (Å²) in [6.07, 6.45) is 3.66. The van der Waals surface area contributed by atoms with Crippen molar-refractivity contribution in [2.75, 3.05) is 0 Å². The first-order chi connectivity index (χ1) is 11.7. The Bertz CT molecular complexity index is 1050. The Morgan fingerprint density at radius 1 is 1.17 bits per heavy atom. The molecule has 4 nitrogen and oxygen atoms in total. The van der Waals surface area contributed by atoms with E-state index in [0.717, 1.165) is 37.6 Å². The predicted octanol–water partition coefficient (Wildman–Crippen LogP) is 2.83. The standard InChI is InChI=1S/C18H15BN4S/c1-11-13-14(12-7-5-4-6-8-12)15(19-2)24-18(13)22-16(21-11)17-20-9-10-23(17)3/h4-10H,2H2,1,3H3. The van der Waals surface area contributed by atoms with Crippen LogP contribution in [0, 0.1) is 6.92 Å². The van der Waals surface area contributed by atoms with Crippen LogP contribution in [0.2, 0.25) is 0 Å². The van der Waals surface area contributed by atoms with Crippen molar-refractivity contribution in [3.63, 3.8) is 0 Å². The van der Waals surface area contributed by atoms with Gasteiger partial charge in [0.15, 0.2) is 0 Å². The quantitative estimate of drug-likeness (QED) is 0.543. The molecule has 3 heterocycles. The molecule has 0 saturated heterocycles. The molecule has 0 radical (unpaired) electrons. The Hall–Kier alpha value is -2.60. The van der Waals surface area contributed by atoms with Crippen molar-refractivity contribution in [3.8, 4) is 22.8 Å². The first-order valence-electron chi connectivity index (χ1n) is 7.65. The van der Waals surface area contributed by atoms with E-state index >= 15 is 0 Å². The van der Waals surface area contributed by atoms with Crippen molar-refractivity contribution in [2.45, 2.75) is 6.92 Å². The second-order valence-electron chi connectivity index (χ2n) is 5.59. The number of aryl methyl sites for hydroxylation is 2. The molecule has 1 aromatic carbocycles. The molecule has 4 aromatic rings. The number of imidazole rings is 1. The molecule has 0 spiro atoms. The zero-order valence-corrected chi connectivity index (χ0v) is 14.3. The van der Waals surface area contributed by atoms with Gasteiger partial charge in [0.1, 0.15) is 0 Å². The summed E-state index contributed by atoms with van der Waals surface area (Å²) in [5, 5.41) is 1.10. The van der Waals surface area contributed by atoms with E-state index in [1.54, 1.807) is 17.5 Å². The molecular formula is C18H15BN4S. The topological polar surface area (TPSA) is 43.6 Å². The van der Waals surface area contributed by atoms with E-state index in [1.165, 1.54) is 0 Å². The molecule has 0 fully saturated rings. The van der Waals surface area contributed by atoms with E-state index in [2.05, 4.69) is 23.6 Å². The van der Waals surface area contributed by atoms with Crippen molar-refractivity contribution >= 4 is 39.7 Å². The monoisotopic (exact) mass is 330 g/mol. The summed E-state index contributed by atoms with van der Waals surface area (Å²) in [5.41, 5.74) is 3.28. The van der Waals surface area contributed by atoms with Crippen LogP contribution < -0.4 is 4.78 Å². The molecule has 0 saturated carbocycles. The van der Waals surface area contributed by atoms with Crippen LogP contribution in [-0.2, 0) is 7.05 Å². The summed E-state index contributed by atoms with van der Waals surface area (Å²) in [6.45, 7) is 7.90. The molecule has 0 aliphatic carbocycles. The number of nitrogens with zero attached hydrogens (tertiary/aromatic N) is 4. The molecule has 3 aromatic heterocycles. The zero-order chi connectivity index (χ0) is 16.7. The summed E-state index contributed by atoms with van der Waals surface area (Å²) in [7, 11) is 1.95. The number of hydrogen-bond donors (Lipinski definition) is 0. The first kappa shape index (κ1) is 15.0. The van der Waals surface area contributed by atoms with Gasteiger partial charge in [0.05, 0.1) is 0 Å². The van der Waals surface area contributed by atoms with Crippen LogP contribution in [-0.4, -0.2) is 32.9 Å². The molecule has 0 amide bonds. The molecule has 116 valence electrons. The normalized spacial score (nSPS) is 10.9. The van der Waals surface area contributed by atoms with Gasteiger partial charge >= 0.3 is 144 Å². The van der Waals surface area contributed by atoms with Crippen LogP contribution in [0.3, 0.4) is 0 Å². The second-order valence-corrected chi connectivity index (χ2v) is 6.62. The maximum atomic E-state index is 4.77. The summed E-state index contributed by atoms with van der Waals surface area (Å²) in [6, 6.07) is 10.3. The fraction of sp³-hybridized carbons (Fsp3) is 0.111. The maximum absolute atomic E-state index is 4.77. The third-order valence-corrected chi connectivity index (χ3v) is 5.11. The average Bonchev–Trinajstić information content (AvgIpc) is 3.19. The molecule has 0 bridgehead atoms. The van der Waals surface area contributed by atoms with Gasteiger partial charge in [0.25, 0.3) is 0 Å². The number of benzene rings is 1. The van der Waals surface area contributed by atoms with Crippen LogP contribution in [0.25, 0.3) is 33.0 Å². The van der Waals surface area contributed by atoms with Crippen LogP contribution in [0.1, 0.15) is 5.69 Å². The number of rotatable bonds is 3. The van der Waals surface area contributed by atoms with Gasteiger partial charge in [0, 0.05) is 0 Å². The number of aromatic nitrogens is 4. The van der Waals surface area contributed by atoms with E-state index < -0.39 is 0 Å². The van der Waals surface area contributed by atoms with Gasteiger partial charge in [0.2, 0.25) is 0 Å². The average molecular weight is 330 g/mol. The van der Waals surface area contributed by atoms with E-state index in [4.69, 9.17) is 9.97 Å². The molecular weight excluding hydrogens is 315 g/mol. The van der Waals surface area contributed by atoms with Gasteiger partial charge in [-0.05, 0) is 0 Å². The van der Waals surface area contributed by atoms with Crippen LogP contribution >= 0.6 is 11.3 Å². The van der Waals surface area contributed by atoms with Crippen molar-refractivity contribution in [1.29, 1.82) is 0 Å². The third-order valence-electron chi connectivity index (χ3n) is 4.03. The summed E-state index contributed by atoms with van der Waals surface area (Å²) in [5.74, 6) is 1.43. The number of thiophene rings is 1. The summed E-state index contributed by atoms with van der Waals surface area (Å²) >= 11 is 1.64. The minimum absolute atomic E-state index is 0.656. The van der Waals surface area contributed by atoms with E-state index in [9.17, 15) is 0 Å². The Kier molecular flexibility index (Phi) is 3.61. The Labute approximate surface area is 144 Å². The van der Waals surface area contributed by atoms with Gasteiger partial charge < -0.3 is 0 Å². The van der Waals surface area contributed by atoms with Gasteiger partial charge in [-0.1, -0.05) is 0 Å². The van der Waals surface area contributed by atoms with Gasteiger partial charge in [-0.2, -0.15) is 0 Å².